The lowest BCUT2D eigenvalue weighted by Gasteiger charge is -2.35. The highest BCUT2D eigenvalue weighted by atomic mass is 15.0. The zero-order valence-electron chi connectivity index (χ0n) is 9.66. The molecular formula is C13H20N2. The molecule has 1 fully saturated rings. The van der Waals surface area contributed by atoms with E-state index in [4.69, 9.17) is 0 Å². The molecule has 1 atom stereocenters. The molecule has 0 spiro atoms. The van der Waals surface area contributed by atoms with Crippen LogP contribution in [-0.2, 0) is 0 Å². The van der Waals surface area contributed by atoms with Crippen molar-refractivity contribution in [2.45, 2.75) is 45.6 Å². The molecule has 1 N–H and O–H groups in total. The summed E-state index contributed by atoms with van der Waals surface area (Å²) in [6.07, 6.45) is 7.06. The molecule has 2 heteroatoms. The van der Waals surface area contributed by atoms with Gasteiger partial charge < -0.3 is 5.32 Å². The molecule has 0 radical (unpaired) electrons. The van der Waals surface area contributed by atoms with Gasteiger partial charge in [0.15, 0.2) is 0 Å². The third-order valence-corrected chi connectivity index (χ3v) is 3.22. The summed E-state index contributed by atoms with van der Waals surface area (Å²) in [5.74, 6) is 1.01. The fourth-order valence-corrected chi connectivity index (χ4v) is 2.48. The van der Waals surface area contributed by atoms with Crippen molar-refractivity contribution >= 4 is 5.82 Å². The molecule has 0 aliphatic heterocycles. The normalized spacial score (nSPS) is 24.8. The Morgan fingerprint density at radius 1 is 1.40 bits per heavy atom. The van der Waals surface area contributed by atoms with Crippen LogP contribution in [0.1, 0.15) is 39.5 Å². The predicted octanol–water partition coefficient (Wildman–Crippen LogP) is 3.46. The van der Waals surface area contributed by atoms with Crippen molar-refractivity contribution in [1.29, 1.82) is 0 Å². The van der Waals surface area contributed by atoms with E-state index in [9.17, 15) is 0 Å². The van der Waals surface area contributed by atoms with Crippen LogP contribution in [0.3, 0.4) is 0 Å². The predicted molar refractivity (Wildman–Crippen MR) is 63.9 cm³/mol. The van der Waals surface area contributed by atoms with E-state index < -0.39 is 0 Å². The van der Waals surface area contributed by atoms with Gasteiger partial charge in [0, 0.05) is 12.2 Å². The third kappa shape index (κ3) is 2.95. The van der Waals surface area contributed by atoms with Crippen LogP contribution < -0.4 is 5.32 Å². The Hall–Kier alpha value is -1.05. The van der Waals surface area contributed by atoms with E-state index in [1.165, 1.54) is 25.7 Å². The minimum absolute atomic E-state index is 0.491. The highest BCUT2D eigenvalue weighted by molar-refractivity contribution is 5.34. The standard InChI is InChI=1S/C13H20N2/c1-13(2)8-5-6-11(10-13)15-12-7-3-4-9-14-12/h3-4,7,9,11H,5-6,8,10H2,1-2H3,(H,14,15). The summed E-state index contributed by atoms with van der Waals surface area (Å²) in [6.45, 7) is 4.72. The first-order valence-corrected chi connectivity index (χ1v) is 5.83. The number of nitrogens with zero attached hydrogens (tertiary/aromatic N) is 1. The lowest BCUT2D eigenvalue weighted by molar-refractivity contribution is 0.229. The van der Waals surface area contributed by atoms with Crippen LogP contribution in [0.15, 0.2) is 24.4 Å². The van der Waals surface area contributed by atoms with Gasteiger partial charge in [0.1, 0.15) is 5.82 Å². The molecule has 1 saturated carbocycles. The first kappa shape index (κ1) is 10.5. The molecule has 1 unspecified atom stereocenters. The van der Waals surface area contributed by atoms with Crippen molar-refractivity contribution < 1.29 is 0 Å². The quantitative estimate of drug-likeness (QED) is 0.798. The van der Waals surface area contributed by atoms with Crippen molar-refractivity contribution in [1.82, 2.24) is 4.98 Å². The van der Waals surface area contributed by atoms with Gasteiger partial charge in [-0.15, -0.1) is 0 Å². The van der Waals surface area contributed by atoms with Crippen molar-refractivity contribution in [2.75, 3.05) is 5.32 Å². The summed E-state index contributed by atoms with van der Waals surface area (Å²) < 4.78 is 0. The van der Waals surface area contributed by atoms with Crippen LogP contribution >= 0.6 is 0 Å². The fourth-order valence-electron chi connectivity index (χ4n) is 2.48. The van der Waals surface area contributed by atoms with Gasteiger partial charge in [-0.2, -0.15) is 0 Å². The van der Waals surface area contributed by atoms with E-state index in [0.29, 0.717) is 11.5 Å². The van der Waals surface area contributed by atoms with E-state index in [1.54, 1.807) is 0 Å². The van der Waals surface area contributed by atoms with E-state index >= 15 is 0 Å². The van der Waals surface area contributed by atoms with Gasteiger partial charge in [-0.05, 0) is 36.8 Å². The number of pyridine rings is 1. The van der Waals surface area contributed by atoms with Crippen LogP contribution in [0, 0.1) is 5.41 Å². The zero-order valence-corrected chi connectivity index (χ0v) is 9.66. The lowest BCUT2D eigenvalue weighted by atomic mass is 9.75. The molecule has 1 aromatic heterocycles. The molecule has 82 valence electrons. The molecular weight excluding hydrogens is 184 g/mol. The Balaban J connectivity index is 1.95. The first-order chi connectivity index (χ1) is 7.16. The first-order valence-electron chi connectivity index (χ1n) is 5.83. The second-order valence-electron chi connectivity index (χ2n) is 5.32. The molecule has 1 aliphatic carbocycles. The van der Waals surface area contributed by atoms with Gasteiger partial charge in [0.2, 0.25) is 0 Å². The van der Waals surface area contributed by atoms with Gasteiger partial charge in [-0.25, -0.2) is 4.98 Å². The number of hydrogen-bond acceptors (Lipinski definition) is 2. The fraction of sp³-hybridized carbons (Fsp3) is 0.615. The van der Waals surface area contributed by atoms with E-state index in [1.807, 2.05) is 24.4 Å². The third-order valence-electron chi connectivity index (χ3n) is 3.22. The van der Waals surface area contributed by atoms with Crippen LogP contribution in [0.5, 0.6) is 0 Å². The van der Waals surface area contributed by atoms with Gasteiger partial charge in [-0.1, -0.05) is 26.3 Å². The highest BCUT2D eigenvalue weighted by Crippen LogP contribution is 2.36. The van der Waals surface area contributed by atoms with Crippen molar-refractivity contribution in [3.8, 4) is 0 Å². The second-order valence-corrected chi connectivity index (χ2v) is 5.32. The Labute approximate surface area is 92.1 Å². The maximum absolute atomic E-state index is 4.31. The van der Waals surface area contributed by atoms with Gasteiger partial charge in [0.25, 0.3) is 0 Å². The number of rotatable bonds is 2. The average molecular weight is 204 g/mol. The molecule has 0 amide bonds. The van der Waals surface area contributed by atoms with E-state index in [0.717, 1.165) is 5.82 Å². The smallest absolute Gasteiger partial charge is 0.126 e. The summed E-state index contributed by atoms with van der Waals surface area (Å²) >= 11 is 0. The Bertz CT molecular complexity index is 306. The monoisotopic (exact) mass is 204 g/mol. The van der Waals surface area contributed by atoms with Crippen LogP contribution in [-0.4, -0.2) is 11.0 Å². The van der Waals surface area contributed by atoms with Crippen LogP contribution in [0.25, 0.3) is 0 Å². The summed E-state index contributed by atoms with van der Waals surface area (Å²) in [4.78, 5) is 4.31. The molecule has 1 aliphatic rings. The molecule has 0 aromatic carbocycles. The number of aromatic nitrogens is 1. The van der Waals surface area contributed by atoms with E-state index in [2.05, 4.69) is 24.1 Å². The van der Waals surface area contributed by atoms with Crippen molar-refractivity contribution in [3.05, 3.63) is 24.4 Å². The Kier molecular flexibility index (Phi) is 2.94. The Morgan fingerprint density at radius 3 is 2.93 bits per heavy atom. The zero-order chi connectivity index (χ0) is 10.7. The molecule has 15 heavy (non-hydrogen) atoms. The average Bonchev–Trinajstić information content (AvgIpc) is 2.17. The summed E-state index contributed by atoms with van der Waals surface area (Å²) in [7, 11) is 0. The van der Waals surface area contributed by atoms with Crippen LogP contribution in [0.4, 0.5) is 5.82 Å². The van der Waals surface area contributed by atoms with Gasteiger partial charge in [-0.3, -0.25) is 0 Å². The number of anilines is 1. The van der Waals surface area contributed by atoms with Crippen LogP contribution in [0.2, 0.25) is 0 Å². The summed E-state index contributed by atoms with van der Waals surface area (Å²) in [6, 6.07) is 6.63. The summed E-state index contributed by atoms with van der Waals surface area (Å²) in [5.41, 5.74) is 0.491. The second kappa shape index (κ2) is 4.21. The molecule has 0 saturated heterocycles. The largest absolute Gasteiger partial charge is 0.367 e. The molecule has 2 nitrogen and oxygen atoms in total. The van der Waals surface area contributed by atoms with Crippen molar-refractivity contribution in [2.24, 2.45) is 5.41 Å². The molecule has 1 aromatic rings. The Morgan fingerprint density at radius 2 is 2.27 bits per heavy atom. The minimum Gasteiger partial charge on any atom is -0.367 e. The maximum Gasteiger partial charge on any atom is 0.126 e. The topological polar surface area (TPSA) is 24.9 Å². The highest BCUT2D eigenvalue weighted by Gasteiger charge is 2.27. The molecule has 0 bridgehead atoms. The molecule has 1 heterocycles. The SMILES string of the molecule is CC1(C)CCCC(Nc2ccccn2)C1. The van der Waals surface area contributed by atoms with E-state index in [-0.39, 0.29) is 0 Å². The summed E-state index contributed by atoms with van der Waals surface area (Å²) in [5, 5.41) is 3.53. The number of hydrogen-bond donors (Lipinski definition) is 1. The maximum atomic E-state index is 4.31. The van der Waals surface area contributed by atoms with Gasteiger partial charge >= 0.3 is 0 Å². The lowest BCUT2D eigenvalue weighted by Crippen LogP contribution is -2.31. The minimum atomic E-state index is 0.491. The van der Waals surface area contributed by atoms with Gasteiger partial charge in [0.05, 0.1) is 0 Å². The van der Waals surface area contributed by atoms with Crippen molar-refractivity contribution in [3.63, 3.8) is 0 Å². The number of nitrogens with one attached hydrogen (secondary N) is 1. The molecule has 2 rings (SSSR count).